The fraction of sp³-hybridized carbons (Fsp3) is 0. The van der Waals surface area contributed by atoms with Gasteiger partial charge in [-0.05, 0) is 123 Å². The Morgan fingerprint density at radius 1 is 0.258 bits per heavy atom. The second-order valence-electron chi connectivity index (χ2n) is 11.0. The summed E-state index contributed by atoms with van der Waals surface area (Å²) < 4.78 is 0. The fourth-order valence-electron chi connectivity index (χ4n) is 4.03. The van der Waals surface area contributed by atoms with Gasteiger partial charge in [-0.3, -0.25) is 19.9 Å². The molecule has 8 aromatic rings. The van der Waals surface area contributed by atoms with Gasteiger partial charge in [-0.15, -0.1) is 0 Å². The fourth-order valence-corrected chi connectivity index (χ4v) is 4.03. The van der Waals surface area contributed by atoms with Gasteiger partial charge in [0.05, 0.1) is 23.3 Å². The van der Waals surface area contributed by atoms with Gasteiger partial charge in [-0.25, -0.2) is 0 Å². The Balaban J connectivity index is 0.000000218. The molecule has 0 aromatic carbocycles. The van der Waals surface area contributed by atoms with Crippen LogP contribution in [-0.4, -0.2) is 65.2 Å². The van der Waals surface area contributed by atoms with Gasteiger partial charge in [0.25, 0.3) is 0 Å². The van der Waals surface area contributed by atoms with Gasteiger partial charge in [0.15, 0.2) is 0 Å². The molecule has 62 heavy (non-hydrogen) atoms. The molecule has 0 aliphatic heterocycles. The van der Waals surface area contributed by atoms with E-state index in [0.29, 0.717) is 46.5 Å². The Morgan fingerprint density at radius 2 is 0.452 bits per heavy atom. The molecule has 0 saturated heterocycles. The number of hydrogen-bond donors (Lipinski definition) is 0. The summed E-state index contributed by atoms with van der Waals surface area (Å²) in [4.78, 5) is 48.5. The minimum atomic E-state index is 0. The minimum absolute atomic E-state index is 0. The van der Waals surface area contributed by atoms with Crippen LogP contribution in [0.2, 0.25) is 0 Å². The molecule has 304 valence electrons. The summed E-state index contributed by atoms with van der Waals surface area (Å²) in [6.45, 7) is 0. The van der Waals surface area contributed by atoms with E-state index in [1.807, 2.05) is 146 Å². The summed E-state index contributed by atoms with van der Waals surface area (Å²) in [5, 5.41) is 16.2. The zero-order valence-corrected chi connectivity index (χ0v) is 35.3. The van der Waals surface area contributed by atoms with Crippen LogP contribution in [0.1, 0.15) is 0 Å². The van der Waals surface area contributed by atoms with E-state index < -0.39 is 0 Å². The van der Waals surface area contributed by atoms with Crippen molar-refractivity contribution in [1.29, 1.82) is 0 Å². The number of nitrogens with zero attached hydrogens (tertiary/aromatic N) is 16. The van der Waals surface area contributed by atoms with Crippen LogP contribution in [0, 0.1) is 0 Å². The van der Waals surface area contributed by atoms with Gasteiger partial charge >= 0.3 is 34.7 Å². The van der Waals surface area contributed by atoms with Crippen LogP contribution in [0.5, 0.6) is 0 Å². The van der Waals surface area contributed by atoms with Gasteiger partial charge in [0, 0.05) is 48.1 Å². The van der Waals surface area contributed by atoms with Gasteiger partial charge in [-0.2, -0.15) is 0 Å². The maximum Gasteiger partial charge on any atom is 2.00 e. The number of aliphatic imine (C=N–C) groups is 4. The molecule has 8 aromatic heterocycles. The van der Waals surface area contributed by atoms with Gasteiger partial charge in [0.2, 0.25) is 0 Å². The number of hydrogen-bond acceptors (Lipinski definition) is 12. The predicted octanol–water partition coefficient (Wildman–Crippen LogP) is 11.4. The van der Waals surface area contributed by atoms with Crippen molar-refractivity contribution in [2.24, 2.45) is 20.0 Å². The number of aromatic nitrogens is 8. The number of pyridine rings is 8. The minimum Gasteiger partial charge on any atom is -0.369 e. The topological polar surface area (TPSA) is 209 Å². The van der Waals surface area contributed by atoms with Gasteiger partial charge in [-0.1, -0.05) is 72.8 Å². The third-order valence-corrected chi connectivity index (χ3v) is 6.71. The normalized spacial score (nSPS) is 10.1. The first kappa shape index (κ1) is 48.5. The maximum absolute atomic E-state index is 4.06. The Morgan fingerprint density at radius 3 is 0.613 bits per heavy atom. The predicted molar refractivity (Wildman–Crippen MR) is 239 cm³/mol. The van der Waals surface area contributed by atoms with Crippen molar-refractivity contribution < 1.29 is 34.7 Å². The molecule has 0 atom stereocenters. The second-order valence-corrected chi connectivity index (χ2v) is 11.0. The molecule has 0 aliphatic rings. The van der Waals surface area contributed by atoms with Crippen LogP contribution in [0.25, 0.3) is 21.3 Å². The Hall–Kier alpha value is -7.86. The molecule has 0 radical (unpaired) electrons. The van der Waals surface area contributed by atoms with Gasteiger partial charge in [0.1, 0.15) is 0 Å². The maximum atomic E-state index is 4.06. The first-order valence-corrected chi connectivity index (χ1v) is 18.0. The Labute approximate surface area is 381 Å². The summed E-state index contributed by atoms with van der Waals surface area (Å²) in [7, 11) is 0. The smallest absolute Gasteiger partial charge is 0.369 e. The zero-order valence-electron chi connectivity index (χ0n) is 32.8. The van der Waals surface area contributed by atoms with Crippen LogP contribution >= 0.6 is 0 Å². The van der Waals surface area contributed by atoms with Crippen LogP contribution in [0.15, 0.2) is 215 Å². The van der Waals surface area contributed by atoms with E-state index in [1.54, 1.807) is 49.6 Å². The third kappa shape index (κ3) is 21.2. The van der Waals surface area contributed by atoms with Crippen LogP contribution in [-0.2, 0) is 34.7 Å². The molecular weight excluding hydrogens is 857 g/mol. The van der Waals surface area contributed by atoms with Crippen LogP contribution in [0.4, 0.5) is 46.5 Å². The summed E-state index contributed by atoms with van der Waals surface area (Å²) in [6.07, 6.45) is 19.3. The second kappa shape index (κ2) is 31.1. The molecule has 16 nitrogen and oxygen atoms in total. The molecule has 0 aliphatic carbocycles. The van der Waals surface area contributed by atoms with Crippen molar-refractivity contribution in [3.8, 4) is 0 Å². The summed E-state index contributed by atoms with van der Waals surface area (Å²) in [5.74, 6) is 5.09. The van der Waals surface area contributed by atoms with E-state index in [2.05, 4.69) is 81.1 Å². The van der Waals surface area contributed by atoms with Crippen molar-refractivity contribution >= 4 is 71.9 Å². The molecule has 0 N–H and O–H groups in total. The zero-order chi connectivity index (χ0) is 41.4. The SMILES string of the molecule is C(=N\c1ccccn1)/[N-]c1ccccn1.C(=N\c1ccccn1)/[N-]c1ccccn1.C(=N\c1ccccn1)/[N-]c1ccccn1.C(=N\c1ccccn1)/[N-]c1ccccn1.[Cr+2].[Cr+2]. The molecule has 0 fully saturated rings. The average Bonchev–Trinajstić information content (AvgIpc) is 3.33. The van der Waals surface area contributed by atoms with Crippen molar-refractivity contribution in [3.05, 3.63) is 216 Å². The van der Waals surface area contributed by atoms with E-state index >= 15 is 0 Å². The molecule has 0 saturated carbocycles. The van der Waals surface area contributed by atoms with Crippen molar-refractivity contribution in [2.45, 2.75) is 0 Å². The van der Waals surface area contributed by atoms with Crippen molar-refractivity contribution in [2.75, 3.05) is 0 Å². The number of rotatable bonds is 12. The van der Waals surface area contributed by atoms with Crippen LogP contribution in [0.3, 0.4) is 0 Å². The van der Waals surface area contributed by atoms with E-state index in [1.165, 1.54) is 25.4 Å². The van der Waals surface area contributed by atoms with Crippen molar-refractivity contribution in [3.63, 3.8) is 0 Å². The first-order chi connectivity index (χ1) is 29.8. The van der Waals surface area contributed by atoms with Gasteiger partial charge < -0.3 is 61.2 Å². The molecule has 0 bridgehead atoms. The first-order valence-electron chi connectivity index (χ1n) is 18.0. The van der Waals surface area contributed by atoms with Crippen molar-refractivity contribution in [1.82, 2.24) is 39.9 Å². The molecule has 8 rings (SSSR count). The molecule has 18 heteroatoms. The Kier molecular flexibility index (Phi) is 24.3. The standard InChI is InChI=1S/4C11H9N4.2Cr/c4*1-3-7-12-10(5-1)14-9-15-11-6-2-4-8-13-11;;/h4*1-9H;;/q4*-1;2*+2. The third-order valence-electron chi connectivity index (χ3n) is 6.71. The van der Waals surface area contributed by atoms with Crippen LogP contribution < -0.4 is 0 Å². The monoisotopic (exact) mass is 892 g/mol. The molecule has 0 amide bonds. The largest absolute Gasteiger partial charge is 2.00 e. The molecular formula is C44H36Cr2N16. The Bertz CT molecular complexity index is 2060. The summed E-state index contributed by atoms with van der Waals surface area (Å²) in [6, 6.07) is 44.2. The van der Waals surface area contributed by atoms with E-state index in [-0.39, 0.29) is 34.7 Å². The molecule has 0 spiro atoms. The van der Waals surface area contributed by atoms with E-state index in [9.17, 15) is 0 Å². The van der Waals surface area contributed by atoms with E-state index in [0.717, 1.165) is 0 Å². The average molecular weight is 893 g/mol. The summed E-state index contributed by atoms with van der Waals surface area (Å²) in [5.41, 5.74) is 0. The molecule has 8 heterocycles. The quantitative estimate of drug-likeness (QED) is 0.0848. The summed E-state index contributed by atoms with van der Waals surface area (Å²) >= 11 is 0. The molecule has 0 unspecified atom stereocenters. The van der Waals surface area contributed by atoms with E-state index in [4.69, 9.17) is 0 Å².